The van der Waals surface area contributed by atoms with Crippen LogP contribution in [0, 0.1) is 0 Å². The number of nitrogens with two attached hydrogens (primary N) is 1. The molecule has 0 saturated heterocycles. The van der Waals surface area contributed by atoms with Crippen LogP contribution in [0.25, 0.3) is 5.65 Å². The predicted octanol–water partition coefficient (Wildman–Crippen LogP) is 3.01. The summed E-state index contributed by atoms with van der Waals surface area (Å²) in [6.45, 7) is 0. The zero-order valence-electron chi connectivity index (χ0n) is 9.56. The van der Waals surface area contributed by atoms with Crippen LogP contribution >= 0.6 is 11.6 Å². The van der Waals surface area contributed by atoms with Gasteiger partial charge in [-0.05, 0) is 25.0 Å². The van der Waals surface area contributed by atoms with Crippen LogP contribution in [-0.4, -0.2) is 14.6 Å². The standard InChI is InChI=1S/C12H15ClN4/c13-10-7-6-9(14)12-16-15-11(17(10)12)8-4-2-1-3-5-8/h6-8H,1-5,14H2. The van der Waals surface area contributed by atoms with Gasteiger partial charge in [0.15, 0.2) is 5.65 Å². The molecule has 0 aliphatic heterocycles. The largest absolute Gasteiger partial charge is 0.396 e. The van der Waals surface area contributed by atoms with E-state index in [1.54, 1.807) is 12.1 Å². The lowest BCUT2D eigenvalue weighted by atomic mass is 9.89. The first-order chi connectivity index (χ1) is 8.27. The summed E-state index contributed by atoms with van der Waals surface area (Å²) >= 11 is 6.22. The van der Waals surface area contributed by atoms with Crippen LogP contribution in [0.1, 0.15) is 43.8 Å². The van der Waals surface area contributed by atoms with Crippen molar-refractivity contribution in [2.24, 2.45) is 0 Å². The van der Waals surface area contributed by atoms with E-state index in [0.717, 1.165) is 5.82 Å². The number of fused-ring (bicyclic) bond motifs is 1. The van der Waals surface area contributed by atoms with E-state index in [0.29, 0.717) is 22.4 Å². The van der Waals surface area contributed by atoms with Crippen molar-refractivity contribution in [1.29, 1.82) is 0 Å². The number of hydrogen-bond acceptors (Lipinski definition) is 3. The first kappa shape index (κ1) is 10.8. The second-order valence-electron chi connectivity index (χ2n) is 4.66. The van der Waals surface area contributed by atoms with Gasteiger partial charge in [-0.25, -0.2) is 0 Å². The number of pyridine rings is 1. The van der Waals surface area contributed by atoms with E-state index in [-0.39, 0.29) is 0 Å². The third-order valence-electron chi connectivity index (χ3n) is 3.53. The van der Waals surface area contributed by atoms with Gasteiger partial charge in [0, 0.05) is 5.92 Å². The summed E-state index contributed by atoms with van der Waals surface area (Å²) in [5, 5.41) is 9.09. The second kappa shape index (κ2) is 4.18. The number of nitrogen functional groups attached to an aromatic ring is 1. The number of rotatable bonds is 1. The molecular formula is C12H15ClN4. The van der Waals surface area contributed by atoms with Gasteiger partial charge in [0.25, 0.3) is 0 Å². The molecule has 4 nitrogen and oxygen atoms in total. The van der Waals surface area contributed by atoms with Crippen LogP contribution in [-0.2, 0) is 0 Å². The van der Waals surface area contributed by atoms with Crippen molar-refractivity contribution in [3.8, 4) is 0 Å². The first-order valence-electron chi connectivity index (χ1n) is 6.06. The normalized spacial score (nSPS) is 17.7. The number of aromatic nitrogens is 3. The van der Waals surface area contributed by atoms with E-state index < -0.39 is 0 Å². The molecule has 1 aliphatic carbocycles. The van der Waals surface area contributed by atoms with Gasteiger partial charge in [0.2, 0.25) is 0 Å². The molecule has 0 unspecified atom stereocenters. The van der Waals surface area contributed by atoms with Crippen molar-refractivity contribution in [3.63, 3.8) is 0 Å². The van der Waals surface area contributed by atoms with E-state index in [4.69, 9.17) is 17.3 Å². The summed E-state index contributed by atoms with van der Waals surface area (Å²) in [5.74, 6) is 1.44. The molecule has 1 saturated carbocycles. The molecule has 0 radical (unpaired) electrons. The molecule has 2 aromatic heterocycles. The van der Waals surface area contributed by atoms with Gasteiger partial charge < -0.3 is 5.73 Å². The van der Waals surface area contributed by atoms with Crippen LogP contribution in [0.2, 0.25) is 5.15 Å². The molecule has 0 bridgehead atoms. The smallest absolute Gasteiger partial charge is 0.185 e. The third-order valence-corrected chi connectivity index (χ3v) is 3.83. The molecule has 0 spiro atoms. The van der Waals surface area contributed by atoms with Crippen molar-refractivity contribution in [2.45, 2.75) is 38.0 Å². The van der Waals surface area contributed by atoms with Crippen molar-refractivity contribution in [3.05, 3.63) is 23.1 Å². The van der Waals surface area contributed by atoms with Crippen molar-refractivity contribution in [1.82, 2.24) is 14.6 Å². The lowest BCUT2D eigenvalue weighted by Crippen LogP contribution is -2.09. The Morgan fingerprint density at radius 1 is 1.18 bits per heavy atom. The van der Waals surface area contributed by atoms with Crippen molar-refractivity contribution < 1.29 is 0 Å². The fraction of sp³-hybridized carbons (Fsp3) is 0.500. The average molecular weight is 251 g/mol. The Kier molecular flexibility index (Phi) is 2.67. The van der Waals surface area contributed by atoms with E-state index in [2.05, 4.69) is 10.2 Å². The van der Waals surface area contributed by atoms with E-state index in [9.17, 15) is 0 Å². The third kappa shape index (κ3) is 1.76. The molecular weight excluding hydrogens is 236 g/mol. The number of halogens is 1. The molecule has 5 heteroatoms. The van der Waals surface area contributed by atoms with Crippen molar-refractivity contribution >= 4 is 22.9 Å². The quantitative estimate of drug-likeness (QED) is 0.792. The van der Waals surface area contributed by atoms with Crippen LogP contribution < -0.4 is 5.73 Å². The van der Waals surface area contributed by atoms with Gasteiger partial charge in [0.05, 0.1) is 5.69 Å². The van der Waals surface area contributed by atoms with Gasteiger partial charge in [-0.15, -0.1) is 10.2 Å². The van der Waals surface area contributed by atoms with Crippen LogP contribution in [0.4, 0.5) is 5.69 Å². The fourth-order valence-corrected chi connectivity index (χ4v) is 2.86. The highest BCUT2D eigenvalue weighted by Gasteiger charge is 2.22. The predicted molar refractivity (Wildman–Crippen MR) is 68.2 cm³/mol. The molecule has 3 rings (SSSR count). The highest BCUT2D eigenvalue weighted by Crippen LogP contribution is 2.33. The van der Waals surface area contributed by atoms with Gasteiger partial charge in [-0.1, -0.05) is 30.9 Å². The molecule has 1 fully saturated rings. The molecule has 0 amide bonds. The molecule has 90 valence electrons. The van der Waals surface area contributed by atoms with Gasteiger partial charge in [0.1, 0.15) is 11.0 Å². The maximum atomic E-state index is 6.22. The van der Waals surface area contributed by atoms with E-state index >= 15 is 0 Å². The second-order valence-corrected chi connectivity index (χ2v) is 5.05. The summed E-state index contributed by atoms with van der Waals surface area (Å²) < 4.78 is 1.90. The van der Waals surface area contributed by atoms with Gasteiger partial charge in [-0.2, -0.15) is 0 Å². The minimum atomic E-state index is 0.470. The lowest BCUT2D eigenvalue weighted by Gasteiger charge is -2.20. The number of nitrogens with zero attached hydrogens (tertiary/aromatic N) is 3. The first-order valence-corrected chi connectivity index (χ1v) is 6.44. The summed E-state index contributed by atoms with van der Waals surface area (Å²) in [4.78, 5) is 0. The maximum absolute atomic E-state index is 6.22. The van der Waals surface area contributed by atoms with Crippen LogP contribution in [0.3, 0.4) is 0 Å². The van der Waals surface area contributed by atoms with Crippen molar-refractivity contribution in [2.75, 3.05) is 5.73 Å². The van der Waals surface area contributed by atoms with Gasteiger partial charge >= 0.3 is 0 Å². The molecule has 0 atom stereocenters. The van der Waals surface area contributed by atoms with Gasteiger partial charge in [-0.3, -0.25) is 4.40 Å². The molecule has 1 aliphatic rings. The Labute approximate surface area is 105 Å². The Bertz CT molecular complexity index is 543. The monoisotopic (exact) mass is 250 g/mol. The Balaban J connectivity index is 2.13. The SMILES string of the molecule is Nc1ccc(Cl)n2c(C3CCCCC3)nnc12. The Hall–Kier alpha value is -1.29. The topological polar surface area (TPSA) is 56.2 Å². The highest BCUT2D eigenvalue weighted by molar-refractivity contribution is 6.29. The molecule has 2 heterocycles. The van der Waals surface area contributed by atoms with E-state index in [1.165, 1.54) is 32.1 Å². The molecule has 17 heavy (non-hydrogen) atoms. The maximum Gasteiger partial charge on any atom is 0.185 e. The minimum Gasteiger partial charge on any atom is -0.396 e. The van der Waals surface area contributed by atoms with Crippen LogP contribution in [0.15, 0.2) is 12.1 Å². The molecule has 2 N–H and O–H groups in total. The average Bonchev–Trinajstić information content (AvgIpc) is 2.81. The molecule has 0 aromatic carbocycles. The summed E-state index contributed by atoms with van der Waals surface area (Å²) in [6.07, 6.45) is 6.19. The van der Waals surface area contributed by atoms with E-state index in [1.807, 2.05) is 4.40 Å². The minimum absolute atomic E-state index is 0.470. The lowest BCUT2D eigenvalue weighted by molar-refractivity contribution is 0.426. The van der Waals surface area contributed by atoms with Crippen LogP contribution in [0.5, 0.6) is 0 Å². The zero-order chi connectivity index (χ0) is 11.8. The number of hydrogen-bond donors (Lipinski definition) is 1. The Morgan fingerprint density at radius 3 is 2.71 bits per heavy atom. The molecule has 2 aromatic rings. The Morgan fingerprint density at radius 2 is 1.94 bits per heavy atom. The fourth-order valence-electron chi connectivity index (χ4n) is 2.63. The summed E-state index contributed by atoms with van der Waals surface area (Å²) in [7, 11) is 0. The summed E-state index contributed by atoms with van der Waals surface area (Å²) in [5.41, 5.74) is 7.19. The number of anilines is 1. The zero-order valence-corrected chi connectivity index (χ0v) is 10.3. The summed E-state index contributed by atoms with van der Waals surface area (Å²) in [6, 6.07) is 3.58. The highest BCUT2D eigenvalue weighted by atomic mass is 35.5.